The molecule has 8 heteroatoms. The van der Waals surface area contributed by atoms with Crippen LogP contribution < -0.4 is 5.32 Å². The maximum Gasteiger partial charge on any atom is 0.256 e. The summed E-state index contributed by atoms with van der Waals surface area (Å²) in [6.45, 7) is 10.1. The summed E-state index contributed by atoms with van der Waals surface area (Å²) in [5.74, 6) is -0.0300. The summed E-state index contributed by atoms with van der Waals surface area (Å²) >= 11 is 0. The monoisotopic (exact) mass is 498 g/mol. The maximum atomic E-state index is 13.4. The second-order valence-electron chi connectivity index (χ2n) is 12.3. The zero-order chi connectivity index (χ0) is 25.7. The van der Waals surface area contributed by atoms with Crippen molar-refractivity contribution in [1.29, 1.82) is 0 Å². The van der Waals surface area contributed by atoms with Crippen LogP contribution in [0.15, 0.2) is 23.9 Å². The highest BCUT2D eigenvalue weighted by Gasteiger charge is 2.50. The quantitative estimate of drug-likeness (QED) is 0.480. The number of amides is 1. The number of carbonyl (C=O) groups excluding carboxylic acids is 1. The number of hydrogen-bond acceptors (Lipinski definition) is 6. The molecule has 0 spiro atoms. The van der Waals surface area contributed by atoms with Crippen molar-refractivity contribution in [3.05, 3.63) is 40.9 Å². The number of aliphatic hydroxyl groups is 2. The molecule has 4 N–H and O–H groups in total. The minimum atomic E-state index is -1.14. The molecule has 5 rings (SSSR count). The normalized spacial score (nSPS) is 34.0. The molecule has 8 nitrogen and oxygen atoms in total. The Labute approximate surface area is 214 Å². The minimum Gasteiger partial charge on any atom is -0.395 e. The van der Waals surface area contributed by atoms with E-state index in [1.54, 1.807) is 0 Å². The Morgan fingerprint density at radius 3 is 2.89 bits per heavy atom. The molecule has 0 aromatic carbocycles. The molecule has 1 aromatic heterocycles. The number of H-pyrrole nitrogens is 1. The molecule has 2 aliphatic heterocycles. The molecule has 1 amide bonds. The van der Waals surface area contributed by atoms with Gasteiger partial charge in [-0.2, -0.15) is 5.10 Å². The first-order valence-corrected chi connectivity index (χ1v) is 13.6. The van der Waals surface area contributed by atoms with E-state index < -0.39 is 6.10 Å². The Balaban J connectivity index is 1.38. The van der Waals surface area contributed by atoms with E-state index in [1.165, 1.54) is 16.2 Å². The van der Waals surface area contributed by atoms with Crippen LogP contribution in [0.5, 0.6) is 0 Å². The lowest BCUT2D eigenvalue weighted by Gasteiger charge is -2.36. The molecule has 3 heterocycles. The molecule has 2 fully saturated rings. The largest absolute Gasteiger partial charge is 0.395 e. The average molecular weight is 499 g/mol. The van der Waals surface area contributed by atoms with Gasteiger partial charge >= 0.3 is 0 Å². The molecule has 4 aliphatic rings. The highest BCUT2D eigenvalue weighted by Crippen LogP contribution is 2.48. The van der Waals surface area contributed by atoms with Crippen molar-refractivity contribution >= 4 is 5.91 Å². The van der Waals surface area contributed by atoms with Crippen LogP contribution in [0.2, 0.25) is 0 Å². The Kier molecular flexibility index (Phi) is 6.91. The van der Waals surface area contributed by atoms with Crippen LogP contribution in [0, 0.1) is 23.2 Å². The van der Waals surface area contributed by atoms with E-state index in [-0.39, 0.29) is 42.5 Å². The van der Waals surface area contributed by atoms with E-state index in [1.807, 2.05) is 6.08 Å². The van der Waals surface area contributed by atoms with E-state index in [2.05, 4.69) is 50.3 Å². The van der Waals surface area contributed by atoms with Gasteiger partial charge in [0.2, 0.25) is 0 Å². The van der Waals surface area contributed by atoms with E-state index in [9.17, 15) is 15.0 Å². The van der Waals surface area contributed by atoms with Crippen LogP contribution in [0.25, 0.3) is 0 Å². The van der Waals surface area contributed by atoms with Crippen LogP contribution in [0.3, 0.4) is 0 Å². The molecule has 0 saturated carbocycles. The van der Waals surface area contributed by atoms with Crippen molar-refractivity contribution < 1.29 is 19.7 Å². The summed E-state index contributed by atoms with van der Waals surface area (Å²) in [6.07, 6.45) is 9.96. The number of hydrogen-bond donors (Lipinski definition) is 4. The molecule has 1 aromatic rings. The lowest BCUT2D eigenvalue weighted by Crippen LogP contribution is -2.48. The third kappa shape index (κ3) is 4.57. The van der Waals surface area contributed by atoms with Gasteiger partial charge in [-0.05, 0) is 68.1 Å². The second kappa shape index (κ2) is 9.71. The van der Waals surface area contributed by atoms with Gasteiger partial charge in [-0.15, -0.1) is 0 Å². The van der Waals surface area contributed by atoms with Gasteiger partial charge in [-0.25, -0.2) is 0 Å². The fraction of sp³-hybridized carbons (Fsp3) is 0.714. The molecular weight excluding hydrogens is 456 g/mol. The highest BCUT2D eigenvalue weighted by molar-refractivity contribution is 5.83. The lowest BCUT2D eigenvalue weighted by atomic mass is 9.74. The smallest absolute Gasteiger partial charge is 0.256 e. The van der Waals surface area contributed by atoms with Crippen molar-refractivity contribution in [1.82, 2.24) is 20.4 Å². The maximum absolute atomic E-state index is 13.4. The third-order valence-electron chi connectivity index (χ3n) is 8.96. The molecule has 36 heavy (non-hydrogen) atoms. The van der Waals surface area contributed by atoms with Crippen LogP contribution in [0.1, 0.15) is 70.0 Å². The standard InChI is InChI=1S/C28H42N4O4/c1-17-21-8-7-19(32(11-12-33)26(35)25(34)18-6-5-13-36-16-18)14-28(21,4)29-23(17)24-20-9-10-27(2,3)15-22(20)30-31-24/h7-8,14,17-18,21,23,25,29,33-34H,5-6,9-13,15-16H2,1-4H3,(H,30,31)/t17?,18?,21?,23?,25?,28-/m0/s1. The van der Waals surface area contributed by atoms with Crippen LogP contribution in [-0.4, -0.2) is 69.2 Å². The van der Waals surface area contributed by atoms with Gasteiger partial charge in [0.25, 0.3) is 5.91 Å². The lowest BCUT2D eigenvalue weighted by molar-refractivity contribution is -0.144. The first-order valence-electron chi connectivity index (χ1n) is 13.6. The number of rotatable bonds is 6. The number of ether oxygens (including phenoxy) is 1. The Morgan fingerprint density at radius 1 is 1.36 bits per heavy atom. The van der Waals surface area contributed by atoms with Crippen molar-refractivity contribution in [3.63, 3.8) is 0 Å². The summed E-state index contributed by atoms with van der Waals surface area (Å²) < 4.78 is 5.49. The molecule has 5 unspecified atom stereocenters. The Morgan fingerprint density at radius 2 is 2.17 bits per heavy atom. The van der Waals surface area contributed by atoms with Gasteiger partial charge in [0.05, 0.1) is 24.9 Å². The number of fused-ring (bicyclic) bond motifs is 2. The molecule has 6 atom stereocenters. The van der Waals surface area contributed by atoms with Gasteiger partial charge in [0.1, 0.15) is 6.10 Å². The third-order valence-corrected chi connectivity index (χ3v) is 8.96. The predicted octanol–water partition coefficient (Wildman–Crippen LogP) is 2.64. The van der Waals surface area contributed by atoms with Crippen molar-refractivity contribution in [2.24, 2.45) is 23.2 Å². The predicted molar refractivity (Wildman–Crippen MR) is 137 cm³/mol. The number of nitrogens with one attached hydrogen (secondary N) is 2. The van der Waals surface area contributed by atoms with E-state index >= 15 is 0 Å². The summed E-state index contributed by atoms with van der Waals surface area (Å²) in [4.78, 5) is 14.9. The van der Waals surface area contributed by atoms with E-state index in [0.717, 1.165) is 43.5 Å². The first kappa shape index (κ1) is 25.6. The van der Waals surface area contributed by atoms with Crippen LogP contribution >= 0.6 is 0 Å². The van der Waals surface area contributed by atoms with Gasteiger partial charge in [-0.3, -0.25) is 15.2 Å². The van der Waals surface area contributed by atoms with Crippen LogP contribution in [-0.2, 0) is 22.4 Å². The van der Waals surface area contributed by atoms with E-state index in [4.69, 9.17) is 9.84 Å². The number of aromatic amines is 1. The second-order valence-corrected chi connectivity index (χ2v) is 12.3. The zero-order valence-electron chi connectivity index (χ0n) is 22.1. The molecule has 0 bridgehead atoms. The number of aromatic nitrogens is 2. The van der Waals surface area contributed by atoms with Crippen molar-refractivity contribution in [2.45, 2.75) is 77.5 Å². The SMILES string of the molecule is CC1C(c2n[nH]c3c2CCC(C)(C)C3)N[C@@]2(C)C=C(N(CCO)C(=O)C(O)C3CCCOC3)C=CC12. The Bertz CT molecular complexity index is 1040. The first-order chi connectivity index (χ1) is 17.1. The summed E-state index contributed by atoms with van der Waals surface area (Å²) in [7, 11) is 0. The fourth-order valence-corrected chi connectivity index (χ4v) is 6.84. The van der Waals surface area contributed by atoms with Crippen LogP contribution in [0.4, 0.5) is 0 Å². The fourth-order valence-electron chi connectivity index (χ4n) is 6.84. The number of carbonyl (C=O) groups is 1. The molecular formula is C28H42N4O4. The molecule has 0 radical (unpaired) electrons. The minimum absolute atomic E-state index is 0.105. The summed E-state index contributed by atoms with van der Waals surface area (Å²) in [5, 5.41) is 32.6. The number of allylic oxidation sites excluding steroid dienone is 1. The molecule has 2 saturated heterocycles. The molecule has 198 valence electrons. The highest BCUT2D eigenvalue weighted by atomic mass is 16.5. The Hall–Kier alpha value is -2.00. The number of aliphatic hydroxyl groups excluding tert-OH is 2. The van der Waals surface area contributed by atoms with Gasteiger partial charge in [0, 0.05) is 41.9 Å². The van der Waals surface area contributed by atoms with Crippen molar-refractivity contribution in [2.75, 3.05) is 26.4 Å². The van der Waals surface area contributed by atoms with E-state index in [0.29, 0.717) is 24.5 Å². The summed E-state index contributed by atoms with van der Waals surface area (Å²) in [6, 6.07) is 0.105. The van der Waals surface area contributed by atoms with Gasteiger partial charge in [-0.1, -0.05) is 26.8 Å². The van der Waals surface area contributed by atoms with Crippen molar-refractivity contribution in [3.8, 4) is 0 Å². The zero-order valence-corrected chi connectivity index (χ0v) is 22.1. The number of nitrogens with zero attached hydrogens (tertiary/aromatic N) is 2. The van der Waals surface area contributed by atoms with Gasteiger partial charge < -0.3 is 19.8 Å². The van der Waals surface area contributed by atoms with Gasteiger partial charge in [0.15, 0.2) is 0 Å². The topological polar surface area (TPSA) is 111 Å². The summed E-state index contributed by atoms with van der Waals surface area (Å²) in [5.41, 5.74) is 4.40. The molecule has 2 aliphatic carbocycles. The average Bonchev–Trinajstić information content (AvgIpc) is 3.38.